The zero-order valence-corrected chi connectivity index (χ0v) is 15.4. The Morgan fingerprint density at radius 3 is 2.84 bits per heavy atom. The number of benzene rings is 1. The van der Waals surface area contributed by atoms with E-state index in [2.05, 4.69) is 5.32 Å². The van der Waals surface area contributed by atoms with Crippen molar-refractivity contribution in [1.29, 1.82) is 0 Å². The molecular formula is C18H19ClN2O3S. The van der Waals surface area contributed by atoms with Gasteiger partial charge >= 0.3 is 0 Å². The fraction of sp³-hybridized carbons (Fsp3) is 0.333. The molecule has 5 nitrogen and oxygen atoms in total. The van der Waals surface area contributed by atoms with Gasteiger partial charge in [-0.05, 0) is 48.9 Å². The van der Waals surface area contributed by atoms with Gasteiger partial charge in [0, 0.05) is 12.2 Å². The lowest BCUT2D eigenvalue weighted by atomic mass is 10.0. The van der Waals surface area contributed by atoms with Crippen LogP contribution in [-0.2, 0) is 4.79 Å². The van der Waals surface area contributed by atoms with E-state index in [1.165, 1.54) is 18.4 Å². The van der Waals surface area contributed by atoms with E-state index < -0.39 is 6.04 Å². The van der Waals surface area contributed by atoms with Crippen molar-refractivity contribution >= 4 is 40.4 Å². The first-order valence-electron chi connectivity index (χ1n) is 8.09. The van der Waals surface area contributed by atoms with Gasteiger partial charge in [0.15, 0.2) is 0 Å². The van der Waals surface area contributed by atoms with E-state index in [9.17, 15) is 9.59 Å². The van der Waals surface area contributed by atoms with Crippen LogP contribution in [0.25, 0.3) is 0 Å². The van der Waals surface area contributed by atoms with Gasteiger partial charge in [0.1, 0.15) is 11.8 Å². The van der Waals surface area contributed by atoms with E-state index in [4.69, 9.17) is 16.3 Å². The first-order valence-corrected chi connectivity index (χ1v) is 9.35. The zero-order chi connectivity index (χ0) is 17.8. The molecule has 0 radical (unpaired) electrons. The molecular weight excluding hydrogens is 360 g/mol. The van der Waals surface area contributed by atoms with E-state index in [1.54, 1.807) is 29.2 Å². The molecule has 7 heteroatoms. The summed E-state index contributed by atoms with van der Waals surface area (Å²) >= 11 is 7.50. The molecule has 1 fully saturated rings. The second kappa shape index (κ2) is 7.89. The van der Waals surface area contributed by atoms with Gasteiger partial charge in [-0.3, -0.25) is 9.59 Å². The van der Waals surface area contributed by atoms with Gasteiger partial charge < -0.3 is 15.0 Å². The number of methoxy groups -OCH3 is 1. The minimum Gasteiger partial charge on any atom is -0.495 e. The van der Waals surface area contributed by atoms with Gasteiger partial charge in [0.2, 0.25) is 5.91 Å². The fourth-order valence-electron chi connectivity index (χ4n) is 2.96. The van der Waals surface area contributed by atoms with Crippen molar-refractivity contribution in [2.75, 3.05) is 19.0 Å². The van der Waals surface area contributed by atoms with Crippen molar-refractivity contribution in [3.05, 3.63) is 45.6 Å². The van der Waals surface area contributed by atoms with Crippen molar-refractivity contribution < 1.29 is 14.3 Å². The normalized spacial score (nSPS) is 17.2. The quantitative estimate of drug-likeness (QED) is 0.873. The Labute approximate surface area is 155 Å². The Balaban J connectivity index is 1.74. The molecule has 1 atom stereocenters. The van der Waals surface area contributed by atoms with Crippen LogP contribution in [0, 0.1) is 0 Å². The highest BCUT2D eigenvalue weighted by Crippen LogP contribution is 2.28. The number of likely N-dealkylation sites (tertiary alicyclic amines) is 1. The zero-order valence-electron chi connectivity index (χ0n) is 13.8. The number of rotatable bonds is 4. The van der Waals surface area contributed by atoms with Gasteiger partial charge in [0.05, 0.1) is 17.0 Å². The topological polar surface area (TPSA) is 58.6 Å². The maximum absolute atomic E-state index is 12.7. The number of carbonyl (C=O) groups excluding carboxylic acids is 2. The van der Waals surface area contributed by atoms with E-state index in [-0.39, 0.29) is 11.8 Å². The van der Waals surface area contributed by atoms with Crippen LogP contribution < -0.4 is 10.1 Å². The summed E-state index contributed by atoms with van der Waals surface area (Å²) in [5.74, 6) is 0.278. The van der Waals surface area contributed by atoms with Gasteiger partial charge in [-0.15, -0.1) is 11.3 Å². The Morgan fingerprint density at radius 1 is 1.32 bits per heavy atom. The van der Waals surface area contributed by atoms with Gasteiger partial charge in [-0.25, -0.2) is 0 Å². The highest BCUT2D eigenvalue weighted by molar-refractivity contribution is 7.12. The summed E-state index contributed by atoms with van der Waals surface area (Å²) in [7, 11) is 1.54. The number of thiophene rings is 1. The number of hydrogen-bond acceptors (Lipinski definition) is 4. The summed E-state index contributed by atoms with van der Waals surface area (Å²) in [6.45, 7) is 0.595. The highest BCUT2D eigenvalue weighted by Gasteiger charge is 2.33. The molecule has 1 aromatic carbocycles. The van der Waals surface area contributed by atoms with Crippen LogP contribution in [-0.4, -0.2) is 36.4 Å². The molecule has 0 saturated carbocycles. The van der Waals surface area contributed by atoms with Crippen molar-refractivity contribution in [2.45, 2.75) is 25.3 Å². The average molecular weight is 379 g/mol. The maximum Gasteiger partial charge on any atom is 0.264 e. The van der Waals surface area contributed by atoms with Crippen molar-refractivity contribution in [3.63, 3.8) is 0 Å². The SMILES string of the molecule is COc1ccc(NC(=O)C2CCCCN2C(=O)c2cccs2)cc1Cl. The smallest absolute Gasteiger partial charge is 0.264 e. The summed E-state index contributed by atoms with van der Waals surface area (Å²) < 4.78 is 5.11. The molecule has 3 rings (SSSR count). The summed E-state index contributed by atoms with van der Waals surface area (Å²) in [6.07, 6.45) is 2.50. The number of piperidine rings is 1. The second-order valence-electron chi connectivity index (χ2n) is 5.83. The van der Waals surface area contributed by atoms with E-state index in [0.717, 1.165) is 12.8 Å². The maximum atomic E-state index is 12.7. The Kier molecular flexibility index (Phi) is 5.60. The molecule has 132 valence electrons. The molecule has 1 aromatic heterocycles. The van der Waals surface area contributed by atoms with Crippen LogP contribution >= 0.6 is 22.9 Å². The lowest BCUT2D eigenvalue weighted by Crippen LogP contribution is -2.49. The number of nitrogens with zero attached hydrogens (tertiary/aromatic N) is 1. The molecule has 2 amide bonds. The first kappa shape index (κ1) is 17.8. The Hall–Kier alpha value is -2.05. The number of nitrogens with one attached hydrogen (secondary N) is 1. The summed E-state index contributed by atoms with van der Waals surface area (Å²) in [6, 6.07) is 8.25. The van der Waals surface area contributed by atoms with E-state index in [0.29, 0.717) is 34.3 Å². The second-order valence-corrected chi connectivity index (χ2v) is 7.18. The molecule has 0 bridgehead atoms. The summed E-state index contributed by atoms with van der Waals surface area (Å²) in [5, 5.41) is 5.16. The van der Waals surface area contributed by atoms with Crippen LogP contribution in [0.3, 0.4) is 0 Å². The average Bonchev–Trinajstić information content (AvgIpc) is 3.16. The molecule has 1 aliphatic heterocycles. The third kappa shape index (κ3) is 3.96. The molecule has 1 aliphatic rings. The third-order valence-electron chi connectivity index (χ3n) is 4.22. The lowest BCUT2D eigenvalue weighted by molar-refractivity contribution is -0.121. The highest BCUT2D eigenvalue weighted by atomic mass is 35.5. The Morgan fingerprint density at radius 2 is 2.16 bits per heavy atom. The molecule has 2 aromatic rings. The molecule has 1 unspecified atom stereocenters. The van der Waals surface area contributed by atoms with Crippen molar-refractivity contribution in [2.24, 2.45) is 0 Å². The number of ether oxygens (including phenoxy) is 1. The minimum atomic E-state index is -0.468. The van der Waals surface area contributed by atoms with Crippen molar-refractivity contribution in [3.8, 4) is 5.75 Å². The number of carbonyl (C=O) groups is 2. The number of anilines is 1. The van der Waals surface area contributed by atoms with Crippen LogP contribution in [0.1, 0.15) is 28.9 Å². The molecule has 25 heavy (non-hydrogen) atoms. The van der Waals surface area contributed by atoms with Crippen LogP contribution in [0.4, 0.5) is 5.69 Å². The van der Waals surface area contributed by atoms with Gasteiger partial charge in [-0.2, -0.15) is 0 Å². The van der Waals surface area contributed by atoms with Crippen LogP contribution in [0.5, 0.6) is 5.75 Å². The van der Waals surface area contributed by atoms with E-state index >= 15 is 0 Å². The number of halogens is 1. The molecule has 1 saturated heterocycles. The number of amides is 2. The largest absolute Gasteiger partial charge is 0.495 e. The Bertz CT molecular complexity index is 764. The summed E-state index contributed by atoms with van der Waals surface area (Å²) in [5.41, 5.74) is 0.588. The molecule has 2 heterocycles. The van der Waals surface area contributed by atoms with Crippen LogP contribution in [0.2, 0.25) is 5.02 Å². The molecule has 0 spiro atoms. The van der Waals surface area contributed by atoms with Gasteiger partial charge in [0.25, 0.3) is 5.91 Å². The lowest BCUT2D eigenvalue weighted by Gasteiger charge is -2.34. The monoisotopic (exact) mass is 378 g/mol. The summed E-state index contributed by atoms with van der Waals surface area (Å²) in [4.78, 5) is 27.8. The third-order valence-corrected chi connectivity index (χ3v) is 5.37. The van der Waals surface area contributed by atoms with E-state index in [1.807, 2.05) is 11.4 Å². The van der Waals surface area contributed by atoms with Crippen LogP contribution in [0.15, 0.2) is 35.7 Å². The fourth-order valence-corrected chi connectivity index (χ4v) is 3.90. The van der Waals surface area contributed by atoms with Crippen molar-refractivity contribution in [1.82, 2.24) is 4.90 Å². The van der Waals surface area contributed by atoms with Gasteiger partial charge in [-0.1, -0.05) is 17.7 Å². The number of hydrogen-bond donors (Lipinski definition) is 1. The molecule has 0 aliphatic carbocycles. The molecule has 1 N–H and O–H groups in total. The minimum absolute atomic E-state index is 0.0809. The standard InChI is InChI=1S/C18H19ClN2O3S/c1-24-15-8-7-12(11-13(15)19)20-17(22)14-5-2-3-9-21(14)18(23)16-6-4-10-25-16/h4,6-8,10-11,14H,2-3,5,9H2,1H3,(H,20,22). The predicted molar refractivity (Wildman–Crippen MR) is 99.6 cm³/mol. The first-order chi connectivity index (χ1) is 12.1. The predicted octanol–water partition coefficient (Wildman–Crippen LogP) is 4.04.